The van der Waals surface area contributed by atoms with E-state index in [-0.39, 0.29) is 28.3 Å². The standard InChI is InChI=1S/C12H13ClN2O2.C8H5NO2/c13-8-4-5-9-10(16)14-12(15(9)11(8)17)6-2-1-3-7-12;10-7-5-3-1-2-4-6(5)8(11)9-7/h4-5H,1-3,6-7H2,(H,14,16);1-4H,(H,9,10,11). The molecule has 2 aliphatic heterocycles. The number of nitrogens with zero attached hydrogens (tertiary/aromatic N) is 1. The number of aromatic nitrogens is 1. The van der Waals surface area contributed by atoms with E-state index in [0.717, 1.165) is 32.1 Å². The fourth-order valence-electron chi connectivity index (χ4n) is 4.05. The number of halogens is 1. The van der Waals surface area contributed by atoms with Crippen LogP contribution in [0.25, 0.3) is 0 Å². The van der Waals surface area contributed by atoms with Gasteiger partial charge in [-0.25, -0.2) is 0 Å². The van der Waals surface area contributed by atoms with Crippen molar-refractivity contribution in [3.05, 3.63) is 68.6 Å². The third-order valence-electron chi connectivity index (χ3n) is 5.37. The molecule has 0 saturated heterocycles. The average molecular weight is 400 g/mol. The number of rotatable bonds is 0. The van der Waals surface area contributed by atoms with Crippen molar-refractivity contribution in [1.29, 1.82) is 0 Å². The van der Waals surface area contributed by atoms with Crippen LogP contribution in [0.4, 0.5) is 0 Å². The molecule has 0 radical (unpaired) electrons. The number of carbonyl (C=O) groups excluding carboxylic acids is 3. The highest BCUT2D eigenvalue weighted by Gasteiger charge is 2.44. The van der Waals surface area contributed by atoms with Crippen molar-refractivity contribution < 1.29 is 14.4 Å². The number of fused-ring (bicyclic) bond motifs is 3. The van der Waals surface area contributed by atoms with Gasteiger partial charge in [0.25, 0.3) is 23.3 Å². The van der Waals surface area contributed by atoms with E-state index in [0.29, 0.717) is 16.8 Å². The lowest BCUT2D eigenvalue weighted by atomic mass is 9.89. The van der Waals surface area contributed by atoms with Crippen molar-refractivity contribution in [2.24, 2.45) is 0 Å². The molecule has 3 heterocycles. The number of benzene rings is 1. The molecular formula is C20H18ClN3O4. The first-order chi connectivity index (χ1) is 13.4. The Bertz CT molecular complexity index is 1020. The Morgan fingerprint density at radius 2 is 1.43 bits per heavy atom. The molecule has 0 unspecified atom stereocenters. The van der Waals surface area contributed by atoms with Crippen molar-refractivity contribution >= 4 is 29.3 Å². The van der Waals surface area contributed by atoms with Gasteiger partial charge in [0.15, 0.2) is 0 Å². The minimum atomic E-state index is -0.521. The molecule has 1 saturated carbocycles. The maximum Gasteiger partial charge on any atom is 0.271 e. The van der Waals surface area contributed by atoms with Crippen LogP contribution >= 0.6 is 11.6 Å². The highest BCUT2D eigenvalue weighted by Crippen LogP contribution is 2.36. The zero-order chi connectivity index (χ0) is 19.9. The third-order valence-corrected chi connectivity index (χ3v) is 5.65. The molecule has 28 heavy (non-hydrogen) atoms. The van der Waals surface area contributed by atoms with Crippen LogP contribution in [0.15, 0.2) is 41.2 Å². The Morgan fingerprint density at radius 3 is 2.04 bits per heavy atom. The van der Waals surface area contributed by atoms with Gasteiger partial charge in [-0.2, -0.15) is 0 Å². The molecule has 7 nitrogen and oxygen atoms in total. The molecular weight excluding hydrogens is 382 g/mol. The second-order valence-corrected chi connectivity index (χ2v) is 7.49. The van der Waals surface area contributed by atoms with Crippen LogP contribution in [0.5, 0.6) is 0 Å². The largest absolute Gasteiger partial charge is 0.327 e. The van der Waals surface area contributed by atoms with Crippen molar-refractivity contribution in [2.45, 2.75) is 37.8 Å². The number of imide groups is 1. The lowest BCUT2D eigenvalue weighted by Gasteiger charge is -2.35. The van der Waals surface area contributed by atoms with Gasteiger partial charge in [-0.1, -0.05) is 30.2 Å². The molecule has 1 aromatic heterocycles. The van der Waals surface area contributed by atoms with E-state index >= 15 is 0 Å². The van der Waals surface area contributed by atoms with Crippen molar-refractivity contribution in [3.8, 4) is 0 Å². The summed E-state index contributed by atoms with van der Waals surface area (Å²) in [5.41, 5.74) is 0.591. The first kappa shape index (κ1) is 18.4. The van der Waals surface area contributed by atoms with Gasteiger partial charge >= 0.3 is 0 Å². The Morgan fingerprint density at radius 1 is 0.821 bits per heavy atom. The van der Waals surface area contributed by atoms with Crippen LogP contribution in [-0.2, 0) is 5.66 Å². The molecule has 144 valence electrons. The summed E-state index contributed by atoms with van der Waals surface area (Å²) in [5, 5.41) is 5.35. The predicted molar refractivity (Wildman–Crippen MR) is 102 cm³/mol. The van der Waals surface area contributed by atoms with Crippen LogP contribution < -0.4 is 16.2 Å². The zero-order valence-corrected chi connectivity index (χ0v) is 15.7. The van der Waals surface area contributed by atoms with Crippen LogP contribution in [0, 0.1) is 0 Å². The maximum absolute atomic E-state index is 12.1. The minimum absolute atomic E-state index is 0.166. The van der Waals surface area contributed by atoms with E-state index in [2.05, 4.69) is 10.6 Å². The summed E-state index contributed by atoms with van der Waals surface area (Å²) in [6.07, 6.45) is 4.83. The van der Waals surface area contributed by atoms with E-state index in [1.54, 1.807) is 34.9 Å². The molecule has 0 bridgehead atoms. The van der Waals surface area contributed by atoms with Gasteiger partial charge in [-0.15, -0.1) is 0 Å². The molecule has 2 aromatic rings. The predicted octanol–water partition coefficient (Wildman–Crippen LogP) is 2.43. The molecule has 3 amide bonds. The number of carbonyl (C=O) groups is 3. The number of pyridine rings is 1. The van der Waals surface area contributed by atoms with E-state index < -0.39 is 5.66 Å². The second-order valence-electron chi connectivity index (χ2n) is 7.08. The van der Waals surface area contributed by atoms with Gasteiger partial charge in [-0.3, -0.25) is 29.1 Å². The van der Waals surface area contributed by atoms with Crippen LogP contribution in [0.1, 0.15) is 63.3 Å². The molecule has 1 aliphatic carbocycles. The molecule has 1 aromatic carbocycles. The minimum Gasteiger partial charge on any atom is -0.327 e. The first-order valence-electron chi connectivity index (χ1n) is 9.12. The molecule has 8 heteroatoms. The Balaban J connectivity index is 0.000000151. The van der Waals surface area contributed by atoms with Gasteiger partial charge in [0, 0.05) is 0 Å². The van der Waals surface area contributed by atoms with Crippen molar-refractivity contribution in [1.82, 2.24) is 15.2 Å². The van der Waals surface area contributed by atoms with E-state index in [1.807, 2.05) is 0 Å². The molecule has 1 spiro atoms. The second kappa shape index (κ2) is 6.91. The van der Waals surface area contributed by atoms with E-state index in [9.17, 15) is 19.2 Å². The van der Waals surface area contributed by atoms with E-state index in [1.165, 1.54) is 6.07 Å². The monoisotopic (exact) mass is 399 g/mol. The number of hydrogen-bond acceptors (Lipinski definition) is 4. The number of nitrogens with one attached hydrogen (secondary N) is 2. The van der Waals surface area contributed by atoms with Crippen molar-refractivity contribution in [2.75, 3.05) is 0 Å². The zero-order valence-electron chi connectivity index (χ0n) is 15.0. The summed E-state index contributed by atoms with van der Waals surface area (Å²) in [4.78, 5) is 45.9. The highest BCUT2D eigenvalue weighted by molar-refractivity contribution is 6.30. The smallest absolute Gasteiger partial charge is 0.271 e. The van der Waals surface area contributed by atoms with Crippen LogP contribution in [0.2, 0.25) is 5.02 Å². The Labute approximate surface area is 165 Å². The fourth-order valence-corrected chi connectivity index (χ4v) is 4.20. The highest BCUT2D eigenvalue weighted by atomic mass is 35.5. The summed E-state index contributed by atoms with van der Waals surface area (Å²) in [7, 11) is 0. The normalized spacial score (nSPS) is 18.7. The van der Waals surface area contributed by atoms with Crippen LogP contribution in [-0.4, -0.2) is 22.3 Å². The molecule has 3 aliphatic rings. The summed E-state index contributed by atoms with van der Waals surface area (Å²) in [6.45, 7) is 0. The fraction of sp³-hybridized carbons (Fsp3) is 0.300. The van der Waals surface area contributed by atoms with Crippen LogP contribution in [0.3, 0.4) is 0 Å². The summed E-state index contributed by atoms with van der Waals surface area (Å²) >= 11 is 5.87. The SMILES string of the molecule is O=C1NC(=O)c2ccccc21.O=C1NC2(CCCCC2)n2c1ccc(Cl)c2=O. The quantitative estimate of drug-likeness (QED) is 0.665. The summed E-state index contributed by atoms with van der Waals surface area (Å²) in [5.74, 6) is -0.767. The van der Waals surface area contributed by atoms with Gasteiger partial charge in [0.1, 0.15) is 16.4 Å². The molecule has 2 N–H and O–H groups in total. The van der Waals surface area contributed by atoms with Crippen molar-refractivity contribution in [3.63, 3.8) is 0 Å². The topological polar surface area (TPSA) is 97.3 Å². The maximum atomic E-state index is 12.1. The number of amides is 3. The Kier molecular flexibility index (Phi) is 4.55. The lowest BCUT2D eigenvalue weighted by Crippen LogP contribution is -2.48. The molecule has 0 atom stereocenters. The molecule has 5 rings (SSSR count). The van der Waals surface area contributed by atoms with Gasteiger partial charge in [0.05, 0.1) is 11.1 Å². The van der Waals surface area contributed by atoms with E-state index in [4.69, 9.17) is 11.6 Å². The summed E-state index contributed by atoms with van der Waals surface area (Å²) < 4.78 is 1.57. The first-order valence-corrected chi connectivity index (χ1v) is 9.50. The lowest BCUT2D eigenvalue weighted by molar-refractivity contribution is 0.0865. The number of hydrogen-bond donors (Lipinski definition) is 2. The Hall–Kier alpha value is -2.93. The van der Waals surface area contributed by atoms with Gasteiger partial charge in [0.2, 0.25) is 0 Å². The third kappa shape index (κ3) is 2.92. The van der Waals surface area contributed by atoms with Gasteiger partial charge in [-0.05, 0) is 49.9 Å². The summed E-state index contributed by atoms with van der Waals surface area (Å²) in [6, 6.07) is 9.86. The molecule has 1 fully saturated rings. The average Bonchev–Trinajstić information content (AvgIpc) is 3.13. The van der Waals surface area contributed by atoms with Gasteiger partial charge < -0.3 is 5.32 Å².